The van der Waals surface area contributed by atoms with Crippen molar-refractivity contribution in [2.45, 2.75) is 33.2 Å². The summed E-state index contributed by atoms with van der Waals surface area (Å²) in [6, 6.07) is 8.98. The van der Waals surface area contributed by atoms with Crippen molar-refractivity contribution in [2.24, 2.45) is 5.92 Å². The van der Waals surface area contributed by atoms with E-state index in [0.29, 0.717) is 34.0 Å². The lowest BCUT2D eigenvalue weighted by atomic mass is 9.96. The van der Waals surface area contributed by atoms with Crippen molar-refractivity contribution in [2.75, 3.05) is 12.4 Å². The molecular weight excluding hydrogens is 392 g/mol. The Kier molecular flexibility index (Phi) is 5.94. The number of hydrogen-bond donors (Lipinski definition) is 1. The molecule has 1 heterocycles. The van der Waals surface area contributed by atoms with E-state index >= 15 is 0 Å². The van der Waals surface area contributed by atoms with Gasteiger partial charge in [0.25, 0.3) is 11.8 Å². The fraction of sp³-hybridized carbons (Fsp3) is 0.318. The van der Waals surface area contributed by atoms with E-state index in [2.05, 4.69) is 5.32 Å². The van der Waals surface area contributed by atoms with Crippen LogP contribution in [-0.2, 0) is 4.79 Å². The highest BCUT2D eigenvalue weighted by Gasteiger charge is 2.44. The van der Waals surface area contributed by atoms with Crippen molar-refractivity contribution in [1.82, 2.24) is 4.90 Å². The Hall–Kier alpha value is -2.86. The van der Waals surface area contributed by atoms with Gasteiger partial charge in [-0.2, -0.15) is 0 Å². The summed E-state index contributed by atoms with van der Waals surface area (Å²) >= 11 is 6.14. The van der Waals surface area contributed by atoms with Gasteiger partial charge in [-0.3, -0.25) is 19.3 Å². The Morgan fingerprint density at radius 1 is 1.17 bits per heavy atom. The van der Waals surface area contributed by atoms with Gasteiger partial charge in [0.05, 0.1) is 23.9 Å². The van der Waals surface area contributed by atoms with Gasteiger partial charge in [-0.15, -0.1) is 0 Å². The van der Waals surface area contributed by atoms with Crippen LogP contribution in [0.4, 0.5) is 5.69 Å². The summed E-state index contributed by atoms with van der Waals surface area (Å²) < 4.78 is 5.32. The molecule has 1 aliphatic heterocycles. The summed E-state index contributed by atoms with van der Waals surface area (Å²) in [6.45, 7) is 5.57. The van der Waals surface area contributed by atoms with Crippen LogP contribution in [0.2, 0.25) is 5.02 Å². The van der Waals surface area contributed by atoms with E-state index in [1.807, 2.05) is 20.8 Å². The number of imide groups is 1. The average Bonchev–Trinajstić information content (AvgIpc) is 2.96. The Balaban J connectivity index is 1.97. The monoisotopic (exact) mass is 414 g/mol. The summed E-state index contributed by atoms with van der Waals surface area (Å²) in [4.78, 5) is 40.2. The predicted octanol–water partition coefficient (Wildman–Crippen LogP) is 4.31. The number of anilines is 1. The predicted molar refractivity (Wildman–Crippen MR) is 112 cm³/mol. The maximum atomic E-state index is 13.3. The summed E-state index contributed by atoms with van der Waals surface area (Å²) in [6.07, 6.45) is 0.613. The molecule has 0 fully saturated rings. The number of ether oxygens (including phenoxy) is 1. The van der Waals surface area contributed by atoms with Crippen LogP contribution >= 0.6 is 11.6 Å². The molecule has 2 aromatic carbocycles. The number of benzene rings is 2. The zero-order valence-corrected chi connectivity index (χ0v) is 17.5. The number of carbonyl (C=O) groups excluding carboxylic acids is 3. The van der Waals surface area contributed by atoms with Gasteiger partial charge >= 0.3 is 0 Å². The molecule has 1 N–H and O–H groups in total. The highest BCUT2D eigenvalue weighted by Crippen LogP contribution is 2.33. The molecule has 0 bridgehead atoms. The number of fused-ring (bicyclic) bond motifs is 1. The molecule has 3 rings (SSSR count). The first-order valence-electron chi connectivity index (χ1n) is 9.42. The zero-order chi connectivity index (χ0) is 21.3. The Bertz CT molecular complexity index is 954. The van der Waals surface area contributed by atoms with E-state index in [0.717, 1.165) is 10.5 Å². The van der Waals surface area contributed by atoms with Gasteiger partial charge in [-0.05, 0) is 36.6 Å². The molecule has 152 valence electrons. The molecule has 6 nitrogen and oxygen atoms in total. The van der Waals surface area contributed by atoms with Gasteiger partial charge in [0, 0.05) is 11.1 Å². The van der Waals surface area contributed by atoms with E-state index in [9.17, 15) is 14.4 Å². The van der Waals surface area contributed by atoms with Gasteiger partial charge in [0.2, 0.25) is 5.91 Å². The van der Waals surface area contributed by atoms with Crippen LogP contribution in [0.25, 0.3) is 0 Å². The van der Waals surface area contributed by atoms with E-state index in [-0.39, 0.29) is 5.92 Å². The van der Waals surface area contributed by atoms with E-state index in [4.69, 9.17) is 16.3 Å². The standard InChI is InChI=1S/C22H23ClN2O4/c1-5-12(2)19(25-21(27)14-8-6-7-9-15(14)22(25)28)20(26)24-17-10-13(3)16(23)11-18(17)29-4/h6-12,19H,5H2,1-4H3,(H,24,26)/t12-,19+/m0/s1. The lowest BCUT2D eigenvalue weighted by Gasteiger charge is -2.30. The van der Waals surface area contributed by atoms with Crippen LogP contribution in [0.1, 0.15) is 46.5 Å². The van der Waals surface area contributed by atoms with Crippen LogP contribution in [0.3, 0.4) is 0 Å². The number of halogens is 1. The summed E-state index contributed by atoms with van der Waals surface area (Å²) in [5.74, 6) is -1.19. The smallest absolute Gasteiger partial charge is 0.262 e. The van der Waals surface area contributed by atoms with Crippen LogP contribution < -0.4 is 10.1 Å². The lowest BCUT2D eigenvalue weighted by molar-refractivity contribution is -0.121. The first-order chi connectivity index (χ1) is 13.8. The second-order valence-electron chi connectivity index (χ2n) is 7.15. The first kappa shape index (κ1) is 20.9. The van der Waals surface area contributed by atoms with Crippen molar-refractivity contribution in [3.05, 3.63) is 58.1 Å². The fourth-order valence-corrected chi connectivity index (χ4v) is 3.60. The number of aryl methyl sites for hydroxylation is 1. The number of hydrogen-bond acceptors (Lipinski definition) is 4. The third-order valence-electron chi connectivity index (χ3n) is 5.29. The number of rotatable bonds is 6. The Labute approximate surface area is 174 Å². The molecule has 0 saturated heterocycles. The quantitative estimate of drug-likeness (QED) is 0.715. The highest BCUT2D eigenvalue weighted by atomic mass is 35.5. The minimum atomic E-state index is -0.951. The normalized spacial score (nSPS) is 15.1. The number of amides is 3. The third kappa shape index (κ3) is 3.72. The van der Waals surface area contributed by atoms with E-state index < -0.39 is 23.8 Å². The molecule has 0 spiro atoms. The van der Waals surface area contributed by atoms with Crippen molar-refractivity contribution in [3.63, 3.8) is 0 Å². The molecule has 0 aromatic heterocycles. The summed E-state index contributed by atoms with van der Waals surface area (Å²) in [7, 11) is 1.48. The maximum Gasteiger partial charge on any atom is 0.262 e. The second-order valence-corrected chi connectivity index (χ2v) is 7.55. The van der Waals surface area contributed by atoms with Crippen LogP contribution in [0, 0.1) is 12.8 Å². The number of methoxy groups -OCH3 is 1. The molecule has 0 saturated carbocycles. The average molecular weight is 415 g/mol. The van der Waals surface area contributed by atoms with E-state index in [1.54, 1.807) is 36.4 Å². The molecule has 1 aliphatic rings. The molecule has 3 amide bonds. The topological polar surface area (TPSA) is 75.7 Å². The summed E-state index contributed by atoms with van der Waals surface area (Å²) in [5, 5.41) is 3.33. The molecule has 2 atom stereocenters. The Morgan fingerprint density at radius 2 is 1.76 bits per heavy atom. The minimum Gasteiger partial charge on any atom is -0.495 e. The van der Waals surface area contributed by atoms with E-state index in [1.165, 1.54) is 7.11 Å². The molecule has 0 radical (unpaired) electrons. The fourth-order valence-electron chi connectivity index (χ4n) is 3.45. The maximum absolute atomic E-state index is 13.3. The first-order valence-corrected chi connectivity index (χ1v) is 9.79. The summed E-state index contributed by atoms with van der Waals surface area (Å²) in [5.41, 5.74) is 1.84. The number of carbonyl (C=O) groups is 3. The van der Waals surface area contributed by atoms with Crippen molar-refractivity contribution >= 4 is 35.0 Å². The van der Waals surface area contributed by atoms with Gasteiger partial charge in [0.1, 0.15) is 11.8 Å². The number of nitrogens with zero attached hydrogens (tertiary/aromatic N) is 1. The van der Waals surface area contributed by atoms with Gasteiger partial charge in [0.15, 0.2) is 0 Å². The minimum absolute atomic E-state index is 0.239. The lowest BCUT2D eigenvalue weighted by Crippen LogP contribution is -2.50. The van der Waals surface area contributed by atoms with Gasteiger partial charge in [-0.25, -0.2) is 0 Å². The van der Waals surface area contributed by atoms with Crippen LogP contribution in [0.15, 0.2) is 36.4 Å². The largest absolute Gasteiger partial charge is 0.495 e. The number of nitrogens with one attached hydrogen (secondary N) is 1. The van der Waals surface area contributed by atoms with Crippen molar-refractivity contribution in [1.29, 1.82) is 0 Å². The van der Waals surface area contributed by atoms with Crippen LogP contribution in [-0.4, -0.2) is 35.8 Å². The van der Waals surface area contributed by atoms with Gasteiger partial charge in [-0.1, -0.05) is 44.0 Å². The molecule has 0 unspecified atom stereocenters. The molecule has 7 heteroatoms. The zero-order valence-electron chi connectivity index (χ0n) is 16.8. The third-order valence-corrected chi connectivity index (χ3v) is 5.70. The SMILES string of the molecule is CC[C@H](C)[C@H](C(=O)Nc1cc(C)c(Cl)cc1OC)N1C(=O)c2ccccc2C1=O. The van der Waals surface area contributed by atoms with Crippen LogP contribution in [0.5, 0.6) is 5.75 Å². The Morgan fingerprint density at radius 3 is 2.28 bits per heavy atom. The van der Waals surface area contributed by atoms with Crippen molar-refractivity contribution in [3.8, 4) is 5.75 Å². The second kappa shape index (κ2) is 8.25. The molecular formula is C22H23ClN2O4. The molecule has 2 aromatic rings. The highest BCUT2D eigenvalue weighted by molar-refractivity contribution is 6.31. The molecule has 0 aliphatic carbocycles. The molecule has 29 heavy (non-hydrogen) atoms. The van der Waals surface area contributed by atoms with Gasteiger partial charge < -0.3 is 10.1 Å². The van der Waals surface area contributed by atoms with Crippen molar-refractivity contribution < 1.29 is 19.1 Å².